The van der Waals surface area contributed by atoms with E-state index in [1.165, 1.54) is 0 Å². The van der Waals surface area contributed by atoms with Crippen LogP contribution in [-0.4, -0.2) is 36.6 Å². The molecule has 0 saturated heterocycles. The Morgan fingerprint density at radius 2 is 1.87 bits per heavy atom. The summed E-state index contributed by atoms with van der Waals surface area (Å²) in [7, 11) is 0. The molecule has 4 aromatic heterocycles. The smallest absolute Gasteiger partial charge is 0.291 e. The molecule has 8 heteroatoms. The summed E-state index contributed by atoms with van der Waals surface area (Å²) in [5, 5.41) is 9.36. The molecule has 5 aromatic rings. The van der Waals surface area contributed by atoms with Crippen molar-refractivity contribution in [3.8, 4) is 16.4 Å². The van der Waals surface area contributed by atoms with E-state index in [0.717, 1.165) is 21.9 Å². The highest BCUT2D eigenvalue weighted by Crippen LogP contribution is 2.25. The summed E-state index contributed by atoms with van der Waals surface area (Å²) in [6.45, 7) is 0.455. The largest absolute Gasteiger partial charge is 0.349 e. The molecular weight excluding hydrogens is 396 g/mol. The van der Waals surface area contributed by atoms with E-state index in [1.54, 1.807) is 16.0 Å². The van der Waals surface area contributed by atoms with Crippen molar-refractivity contribution in [3.05, 3.63) is 90.0 Å². The number of imidazole rings is 1. The predicted octanol–water partition coefficient (Wildman–Crippen LogP) is 3.62. The van der Waals surface area contributed by atoms with E-state index in [-0.39, 0.29) is 11.7 Å². The van der Waals surface area contributed by atoms with Crippen molar-refractivity contribution in [2.45, 2.75) is 6.42 Å². The van der Waals surface area contributed by atoms with Gasteiger partial charge >= 0.3 is 0 Å². The summed E-state index contributed by atoms with van der Waals surface area (Å²) in [5.74, 6) is 0.505. The number of amides is 1. The van der Waals surface area contributed by atoms with E-state index < -0.39 is 0 Å². The number of benzene rings is 1. The molecule has 1 aromatic carbocycles. The molecule has 0 bridgehead atoms. The van der Waals surface area contributed by atoms with Gasteiger partial charge in [0.1, 0.15) is 5.65 Å². The van der Waals surface area contributed by atoms with Crippen molar-refractivity contribution in [1.29, 1.82) is 0 Å². The minimum absolute atomic E-state index is 0.150. The molecule has 0 atom stereocenters. The van der Waals surface area contributed by atoms with Crippen LogP contribution in [0.15, 0.2) is 78.4 Å². The van der Waals surface area contributed by atoms with Crippen molar-refractivity contribution >= 4 is 22.9 Å². The van der Waals surface area contributed by atoms with Gasteiger partial charge in [-0.25, -0.2) is 14.6 Å². The molecule has 0 spiro atoms. The van der Waals surface area contributed by atoms with Gasteiger partial charge in [-0.2, -0.15) is 0 Å². The highest BCUT2D eigenvalue weighted by atomic mass is 32.1. The standard InChI is InChI=1S/C22H18N6OS/c29-22(23-12-11-16-15-27-13-5-4-10-19(27)24-16)20-25-21(18-9-6-14-30-18)28(26-20)17-7-2-1-3-8-17/h1-10,13-15H,11-12H2,(H,23,29). The number of hydrogen-bond acceptors (Lipinski definition) is 5. The zero-order valence-corrected chi connectivity index (χ0v) is 16.8. The predicted molar refractivity (Wildman–Crippen MR) is 116 cm³/mol. The lowest BCUT2D eigenvalue weighted by atomic mass is 10.3. The summed E-state index contributed by atoms with van der Waals surface area (Å²) >= 11 is 1.56. The lowest BCUT2D eigenvalue weighted by molar-refractivity contribution is 0.0944. The van der Waals surface area contributed by atoms with Gasteiger partial charge in [-0.3, -0.25) is 4.79 Å². The van der Waals surface area contributed by atoms with E-state index in [9.17, 15) is 4.79 Å². The number of para-hydroxylation sites is 1. The van der Waals surface area contributed by atoms with Gasteiger partial charge in [0.05, 0.1) is 16.3 Å². The molecule has 1 amide bonds. The quantitative estimate of drug-likeness (QED) is 0.460. The first-order valence-electron chi connectivity index (χ1n) is 9.55. The summed E-state index contributed by atoms with van der Waals surface area (Å²) in [4.78, 5) is 22.7. The monoisotopic (exact) mass is 414 g/mol. The molecule has 148 valence electrons. The van der Waals surface area contributed by atoms with Crippen LogP contribution in [0.25, 0.3) is 22.0 Å². The Morgan fingerprint density at radius 3 is 2.67 bits per heavy atom. The number of pyridine rings is 1. The number of fused-ring (bicyclic) bond motifs is 1. The molecule has 30 heavy (non-hydrogen) atoms. The molecule has 7 nitrogen and oxygen atoms in total. The lowest BCUT2D eigenvalue weighted by Gasteiger charge is -2.03. The van der Waals surface area contributed by atoms with Gasteiger partial charge in [0.2, 0.25) is 5.82 Å². The first-order chi connectivity index (χ1) is 14.8. The number of hydrogen-bond donors (Lipinski definition) is 1. The number of aromatic nitrogens is 5. The SMILES string of the molecule is O=C(NCCc1cn2ccccc2n1)c1nc(-c2cccs2)n(-c2ccccc2)n1. The fourth-order valence-corrected chi connectivity index (χ4v) is 3.91. The topological polar surface area (TPSA) is 77.1 Å². The van der Waals surface area contributed by atoms with Gasteiger partial charge in [-0.1, -0.05) is 30.3 Å². The molecule has 5 rings (SSSR count). The summed E-state index contributed by atoms with van der Waals surface area (Å²) < 4.78 is 3.68. The molecule has 0 radical (unpaired) electrons. The number of nitrogens with one attached hydrogen (secondary N) is 1. The van der Waals surface area contributed by atoms with Crippen molar-refractivity contribution in [3.63, 3.8) is 0 Å². The van der Waals surface area contributed by atoms with E-state index in [4.69, 9.17) is 0 Å². The maximum absolute atomic E-state index is 12.7. The molecule has 1 N–H and O–H groups in total. The van der Waals surface area contributed by atoms with E-state index in [1.807, 2.05) is 82.8 Å². The van der Waals surface area contributed by atoms with Crippen LogP contribution in [-0.2, 0) is 6.42 Å². The van der Waals surface area contributed by atoms with Crippen LogP contribution in [0, 0.1) is 0 Å². The molecule has 0 unspecified atom stereocenters. The Morgan fingerprint density at radius 1 is 1.00 bits per heavy atom. The highest BCUT2D eigenvalue weighted by Gasteiger charge is 2.19. The van der Waals surface area contributed by atoms with Crippen LogP contribution in [0.4, 0.5) is 0 Å². The fraction of sp³-hybridized carbons (Fsp3) is 0.0909. The van der Waals surface area contributed by atoms with Gasteiger partial charge in [0, 0.05) is 25.4 Å². The van der Waals surface area contributed by atoms with E-state index in [2.05, 4.69) is 20.4 Å². The summed E-state index contributed by atoms with van der Waals surface area (Å²) in [6, 6.07) is 19.5. The van der Waals surface area contributed by atoms with Crippen molar-refractivity contribution in [1.82, 2.24) is 29.5 Å². The fourth-order valence-electron chi connectivity index (χ4n) is 3.21. The Kier molecular flexibility index (Phi) is 4.82. The Hall–Kier alpha value is -3.78. The third-order valence-electron chi connectivity index (χ3n) is 4.63. The first-order valence-corrected chi connectivity index (χ1v) is 10.4. The Labute approximate surface area is 176 Å². The molecule has 0 saturated carbocycles. The van der Waals surface area contributed by atoms with Gasteiger partial charge in [0.15, 0.2) is 5.82 Å². The van der Waals surface area contributed by atoms with E-state index >= 15 is 0 Å². The number of rotatable bonds is 6. The van der Waals surface area contributed by atoms with Gasteiger partial charge in [-0.15, -0.1) is 16.4 Å². The van der Waals surface area contributed by atoms with E-state index in [0.29, 0.717) is 18.8 Å². The number of carbonyl (C=O) groups is 1. The van der Waals surface area contributed by atoms with Crippen LogP contribution in [0.2, 0.25) is 0 Å². The van der Waals surface area contributed by atoms with Crippen molar-refractivity contribution < 1.29 is 4.79 Å². The average Bonchev–Trinajstić information content (AvgIpc) is 3.52. The molecule has 0 aliphatic rings. The Balaban J connectivity index is 1.34. The minimum Gasteiger partial charge on any atom is -0.349 e. The maximum atomic E-state index is 12.7. The summed E-state index contributed by atoms with van der Waals surface area (Å²) in [5.41, 5.74) is 2.67. The average molecular weight is 414 g/mol. The Bertz CT molecular complexity index is 1260. The number of nitrogens with zero attached hydrogens (tertiary/aromatic N) is 5. The molecular formula is C22H18N6OS. The first kappa shape index (κ1) is 18.3. The minimum atomic E-state index is -0.300. The van der Waals surface area contributed by atoms with Gasteiger partial charge in [0.25, 0.3) is 5.91 Å². The van der Waals surface area contributed by atoms with Crippen molar-refractivity contribution in [2.24, 2.45) is 0 Å². The molecule has 4 heterocycles. The van der Waals surface area contributed by atoms with Gasteiger partial charge in [-0.05, 0) is 35.7 Å². The molecule has 0 fully saturated rings. The van der Waals surface area contributed by atoms with Crippen LogP contribution >= 0.6 is 11.3 Å². The third-order valence-corrected chi connectivity index (χ3v) is 5.50. The molecule has 0 aliphatic carbocycles. The second-order valence-corrected chi connectivity index (χ2v) is 7.64. The van der Waals surface area contributed by atoms with Crippen LogP contribution < -0.4 is 5.32 Å². The highest BCUT2D eigenvalue weighted by molar-refractivity contribution is 7.13. The second-order valence-electron chi connectivity index (χ2n) is 6.69. The van der Waals surface area contributed by atoms with Gasteiger partial charge < -0.3 is 9.72 Å². The molecule has 0 aliphatic heterocycles. The number of thiophene rings is 1. The lowest BCUT2D eigenvalue weighted by Crippen LogP contribution is -2.27. The normalized spacial score (nSPS) is 11.1. The van der Waals surface area contributed by atoms with Crippen LogP contribution in [0.1, 0.15) is 16.3 Å². The van der Waals surface area contributed by atoms with Crippen LogP contribution in [0.3, 0.4) is 0 Å². The van der Waals surface area contributed by atoms with Crippen LogP contribution in [0.5, 0.6) is 0 Å². The zero-order chi connectivity index (χ0) is 20.3. The zero-order valence-electron chi connectivity index (χ0n) is 16.0. The van der Waals surface area contributed by atoms with Crippen molar-refractivity contribution in [2.75, 3.05) is 6.54 Å². The summed E-state index contributed by atoms with van der Waals surface area (Å²) in [6.07, 6.45) is 4.56. The maximum Gasteiger partial charge on any atom is 0.291 e. The second kappa shape index (κ2) is 7.92. The number of carbonyl (C=O) groups excluding carboxylic acids is 1. The third kappa shape index (κ3) is 3.60.